The molecule has 2 aromatic carbocycles. The number of methoxy groups -OCH3 is 1. The van der Waals surface area contributed by atoms with E-state index in [-0.39, 0.29) is 23.8 Å². The first-order valence-electron chi connectivity index (χ1n) is 9.26. The molecular weight excluding hydrogens is 394 g/mol. The lowest BCUT2D eigenvalue weighted by molar-refractivity contribution is -0.155. The van der Waals surface area contributed by atoms with Crippen LogP contribution in [0.5, 0.6) is 5.75 Å². The third kappa shape index (κ3) is 5.80. The van der Waals surface area contributed by atoms with E-state index in [9.17, 15) is 18.0 Å². The molecule has 0 spiro atoms. The van der Waals surface area contributed by atoms with E-state index in [2.05, 4.69) is 5.32 Å². The largest absolute Gasteiger partial charge is 0.497 e. The number of carbonyl (C=O) groups excluding carboxylic acids is 2. The number of esters is 1. The maximum atomic E-state index is 12.9. The Balaban J connectivity index is 1.72. The molecule has 0 aromatic heterocycles. The molecule has 1 fully saturated rings. The highest BCUT2D eigenvalue weighted by molar-refractivity contribution is 7.91. The Morgan fingerprint density at radius 3 is 2.55 bits per heavy atom. The Morgan fingerprint density at radius 2 is 1.90 bits per heavy atom. The molecule has 2 aromatic rings. The van der Waals surface area contributed by atoms with Gasteiger partial charge < -0.3 is 14.8 Å². The SMILES string of the molecule is COc1cccc(NC(=O)[C@@H](OC(=O)C[C@@H]2CCS(=O)(=O)C2)c2ccccc2)c1. The second-order valence-corrected chi connectivity index (χ2v) is 9.20. The van der Waals surface area contributed by atoms with Gasteiger partial charge in [0.1, 0.15) is 5.75 Å². The number of amides is 1. The molecule has 0 radical (unpaired) electrons. The summed E-state index contributed by atoms with van der Waals surface area (Å²) in [5.74, 6) is -0.722. The minimum absolute atomic E-state index is 0.0197. The van der Waals surface area contributed by atoms with Crippen LogP contribution in [0.15, 0.2) is 54.6 Å². The van der Waals surface area contributed by atoms with Crippen LogP contribution in [0.2, 0.25) is 0 Å². The number of ether oxygens (including phenoxy) is 2. The normalized spacial score (nSPS) is 18.6. The average Bonchev–Trinajstić information content (AvgIpc) is 3.05. The summed E-state index contributed by atoms with van der Waals surface area (Å²) in [4.78, 5) is 25.3. The predicted molar refractivity (Wildman–Crippen MR) is 108 cm³/mol. The molecule has 1 saturated heterocycles. The summed E-state index contributed by atoms with van der Waals surface area (Å²) >= 11 is 0. The van der Waals surface area contributed by atoms with Gasteiger partial charge in [-0.2, -0.15) is 0 Å². The number of hydrogen-bond donors (Lipinski definition) is 1. The molecule has 1 aliphatic heterocycles. The Labute approximate surface area is 169 Å². The van der Waals surface area contributed by atoms with Crippen LogP contribution in [0.4, 0.5) is 5.69 Å². The van der Waals surface area contributed by atoms with Gasteiger partial charge in [-0.1, -0.05) is 36.4 Å². The summed E-state index contributed by atoms with van der Waals surface area (Å²) in [5, 5.41) is 2.74. The smallest absolute Gasteiger partial charge is 0.307 e. The maximum absolute atomic E-state index is 12.9. The average molecular weight is 417 g/mol. The van der Waals surface area contributed by atoms with E-state index >= 15 is 0 Å². The highest BCUT2D eigenvalue weighted by atomic mass is 32.2. The molecule has 154 valence electrons. The van der Waals surface area contributed by atoms with Crippen LogP contribution in [0.1, 0.15) is 24.5 Å². The number of hydrogen-bond acceptors (Lipinski definition) is 6. The second-order valence-electron chi connectivity index (χ2n) is 6.97. The maximum Gasteiger partial charge on any atom is 0.307 e. The van der Waals surface area contributed by atoms with Gasteiger partial charge in [0.15, 0.2) is 9.84 Å². The van der Waals surface area contributed by atoms with Gasteiger partial charge in [-0.3, -0.25) is 9.59 Å². The van der Waals surface area contributed by atoms with Crippen LogP contribution in [0.3, 0.4) is 0 Å². The molecule has 0 saturated carbocycles. The van der Waals surface area contributed by atoms with Gasteiger partial charge in [0.25, 0.3) is 5.91 Å². The van der Waals surface area contributed by atoms with Gasteiger partial charge in [-0.15, -0.1) is 0 Å². The predicted octanol–water partition coefficient (Wildman–Crippen LogP) is 2.74. The molecule has 1 aliphatic rings. The Kier molecular flexibility index (Phi) is 6.53. The molecule has 1 heterocycles. The number of carbonyl (C=O) groups is 2. The highest BCUT2D eigenvalue weighted by Crippen LogP contribution is 2.26. The van der Waals surface area contributed by atoms with Crippen molar-refractivity contribution in [3.63, 3.8) is 0 Å². The van der Waals surface area contributed by atoms with Crippen molar-refractivity contribution in [2.45, 2.75) is 18.9 Å². The van der Waals surface area contributed by atoms with Gasteiger partial charge >= 0.3 is 5.97 Å². The van der Waals surface area contributed by atoms with Gasteiger partial charge in [0.05, 0.1) is 18.6 Å². The van der Waals surface area contributed by atoms with Crippen LogP contribution < -0.4 is 10.1 Å². The first-order chi connectivity index (χ1) is 13.9. The first-order valence-corrected chi connectivity index (χ1v) is 11.1. The second kappa shape index (κ2) is 9.09. The van der Waals surface area contributed by atoms with Crippen LogP contribution in [0.25, 0.3) is 0 Å². The van der Waals surface area contributed by atoms with Crippen molar-refractivity contribution < 1.29 is 27.5 Å². The zero-order valence-electron chi connectivity index (χ0n) is 16.0. The first kappa shape index (κ1) is 20.9. The van der Waals surface area contributed by atoms with Crippen molar-refractivity contribution in [2.24, 2.45) is 5.92 Å². The van der Waals surface area contributed by atoms with Crippen molar-refractivity contribution in [1.29, 1.82) is 0 Å². The quantitative estimate of drug-likeness (QED) is 0.696. The van der Waals surface area contributed by atoms with E-state index in [1.165, 1.54) is 7.11 Å². The zero-order chi connectivity index (χ0) is 20.9. The van der Waals surface area contributed by atoms with Crippen LogP contribution in [-0.4, -0.2) is 38.9 Å². The molecule has 8 heteroatoms. The number of nitrogens with one attached hydrogen (secondary N) is 1. The fourth-order valence-electron chi connectivity index (χ4n) is 3.26. The minimum Gasteiger partial charge on any atom is -0.497 e. The van der Waals surface area contributed by atoms with E-state index in [1.54, 1.807) is 54.6 Å². The minimum atomic E-state index is -3.08. The number of sulfone groups is 1. The van der Waals surface area contributed by atoms with Crippen molar-refractivity contribution in [3.8, 4) is 5.75 Å². The molecule has 0 aliphatic carbocycles. The third-order valence-electron chi connectivity index (χ3n) is 4.71. The summed E-state index contributed by atoms with van der Waals surface area (Å²) in [5.41, 5.74) is 1.04. The van der Waals surface area contributed by atoms with Crippen LogP contribution in [0, 0.1) is 5.92 Å². The molecule has 1 N–H and O–H groups in total. The fraction of sp³-hybridized carbons (Fsp3) is 0.333. The Morgan fingerprint density at radius 1 is 1.14 bits per heavy atom. The van der Waals surface area contributed by atoms with Crippen molar-refractivity contribution >= 4 is 27.4 Å². The summed E-state index contributed by atoms with van der Waals surface area (Å²) in [6, 6.07) is 15.5. The van der Waals surface area contributed by atoms with Gasteiger partial charge in [-0.05, 0) is 24.5 Å². The van der Waals surface area contributed by atoms with E-state index in [4.69, 9.17) is 9.47 Å². The van der Waals surface area contributed by atoms with E-state index in [1.807, 2.05) is 0 Å². The number of benzene rings is 2. The monoisotopic (exact) mass is 417 g/mol. The summed E-state index contributed by atoms with van der Waals surface area (Å²) in [6.45, 7) is 0. The zero-order valence-corrected chi connectivity index (χ0v) is 16.9. The molecule has 0 unspecified atom stereocenters. The molecule has 29 heavy (non-hydrogen) atoms. The topological polar surface area (TPSA) is 98.8 Å². The lowest BCUT2D eigenvalue weighted by Crippen LogP contribution is -2.26. The van der Waals surface area contributed by atoms with E-state index < -0.39 is 27.8 Å². The summed E-state index contributed by atoms with van der Waals surface area (Å²) < 4.78 is 33.8. The molecule has 3 rings (SSSR count). The lowest BCUT2D eigenvalue weighted by atomic mass is 10.1. The van der Waals surface area contributed by atoms with Crippen molar-refractivity contribution in [3.05, 3.63) is 60.2 Å². The van der Waals surface area contributed by atoms with Crippen LogP contribution in [-0.2, 0) is 24.2 Å². The van der Waals surface area contributed by atoms with E-state index in [0.29, 0.717) is 23.4 Å². The Bertz CT molecular complexity index is 974. The number of anilines is 1. The van der Waals surface area contributed by atoms with Gasteiger partial charge in [-0.25, -0.2) is 8.42 Å². The summed E-state index contributed by atoms with van der Waals surface area (Å²) in [6.07, 6.45) is -0.744. The molecule has 0 bridgehead atoms. The Hall–Kier alpha value is -2.87. The van der Waals surface area contributed by atoms with Crippen molar-refractivity contribution in [1.82, 2.24) is 0 Å². The van der Waals surface area contributed by atoms with Gasteiger partial charge in [0.2, 0.25) is 6.10 Å². The fourth-order valence-corrected chi connectivity index (χ4v) is 5.12. The molecule has 2 atom stereocenters. The van der Waals surface area contributed by atoms with Crippen molar-refractivity contribution in [2.75, 3.05) is 23.9 Å². The molecular formula is C21H23NO6S. The number of rotatable bonds is 7. The lowest BCUT2D eigenvalue weighted by Gasteiger charge is -2.19. The molecule has 7 nitrogen and oxygen atoms in total. The molecule has 1 amide bonds. The third-order valence-corrected chi connectivity index (χ3v) is 6.55. The standard InChI is InChI=1S/C21H23NO6S/c1-27-18-9-5-8-17(13-18)22-21(24)20(16-6-3-2-4-7-16)28-19(23)12-15-10-11-29(25,26)14-15/h2-9,13,15,20H,10-12,14H2,1H3,(H,22,24)/t15-,20-/m0/s1. The highest BCUT2D eigenvalue weighted by Gasteiger charge is 2.32. The van der Waals surface area contributed by atoms with Crippen LogP contribution >= 0.6 is 0 Å². The van der Waals surface area contributed by atoms with Gasteiger partial charge in [0, 0.05) is 23.7 Å². The summed E-state index contributed by atoms with van der Waals surface area (Å²) in [7, 11) is -1.56. The van der Waals surface area contributed by atoms with E-state index in [0.717, 1.165) is 0 Å².